The molecule has 1 heterocycles. The average molecular weight is 301 g/mol. The molecule has 0 N–H and O–H groups in total. The van der Waals surface area contributed by atoms with Gasteiger partial charge < -0.3 is 4.42 Å². The van der Waals surface area contributed by atoms with Crippen LogP contribution < -0.4 is 0 Å². The van der Waals surface area contributed by atoms with Crippen molar-refractivity contribution < 1.29 is 13.2 Å². The van der Waals surface area contributed by atoms with Crippen molar-refractivity contribution in [3.8, 4) is 0 Å². The van der Waals surface area contributed by atoms with Crippen LogP contribution in [-0.4, -0.2) is 0 Å². The van der Waals surface area contributed by atoms with Crippen molar-refractivity contribution in [2.24, 2.45) is 0 Å². The number of halogens is 3. The van der Waals surface area contributed by atoms with Gasteiger partial charge in [0, 0.05) is 0 Å². The van der Waals surface area contributed by atoms with Crippen molar-refractivity contribution in [1.29, 1.82) is 0 Å². The average Bonchev–Trinajstić information content (AvgIpc) is 2.70. The molecule has 0 saturated carbocycles. The highest BCUT2D eigenvalue weighted by Crippen LogP contribution is 2.30. The summed E-state index contributed by atoms with van der Waals surface area (Å²) in [5.41, 5.74) is 1.76. The van der Waals surface area contributed by atoms with Crippen molar-refractivity contribution in [3.63, 3.8) is 0 Å². The molecule has 2 rings (SSSR count). The van der Waals surface area contributed by atoms with E-state index in [4.69, 9.17) is 4.42 Å². The van der Waals surface area contributed by atoms with Crippen molar-refractivity contribution in [1.82, 2.24) is 0 Å². The lowest BCUT2D eigenvalue weighted by molar-refractivity contribution is 0.498. The first-order valence-corrected chi connectivity index (χ1v) is 6.11. The molecule has 2 aromatic rings. The van der Waals surface area contributed by atoms with E-state index in [1.807, 2.05) is 13.0 Å². The predicted molar refractivity (Wildman–Crippen MR) is 65.2 cm³/mol. The number of hydrogen-bond donors (Lipinski definition) is 0. The topological polar surface area (TPSA) is 13.1 Å². The molecule has 1 aromatic carbocycles. The second kappa shape index (κ2) is 5.00. The molecule has 17 heavy (non-hydrogen) atoms. The fraction of sp³-hybridized carbons (Fsp3) is 0.231. The van der Waals surface area contributed by atoms with Gasteiger partial charge in [-0.05, 0) is 42.7 Å². The van der Waals surface area contributed by atoms with Crippen LogP contribution in [0.25, 0.3) is 0 Å². The summed E-state index contributed by atoms with van der Waals surface area (Å²) in [6.07, 6.45) is 2.16. The Morgan fingerprint density at radius 2 is 2.00 bits per heavy atom. The molecular weight excluding hydrogens is 290 g/mol. The Morgan fingerprint density at radius 3 is 2.59 bits per heavy atom. The number of benzene rings is 1. The number of rotatable bonds is 3. The Morgan fingerprint density at radius 1 is 1.24 bits per heavy atom. The van der Waals surface area contributed by atoms with Gasteiger partial charge in [-0.15, -0.1) is 0 Å². The second-order valence-electron chi connectivity index (χ2n) is 3.89. The maximum atomic E-state index is 13.0. The lowest BCUT2D eigenvalue weighted by Crippen LogP contribution is -1.97. The minimum absolute atomic E-state index is 0.0395. The summed E-state index contributed by atoms with van der Waals surface area (Å²) < 4.78 is 31.1. The zero-order valence-corrected chi connectivity index (χ0v) is 10.8. The molecule has 0 spiro atoms. The van der Waals surface area contributed by atoms with Gasteiger partial charge in [-0.2, -0.15) is 0 Å². The van der Waals surface area contributed by atoms with Crippen molar-refractivity contribution >= 4 is 15.9 Å². The Labute approximate surface area is 107 Å². The normalized spacial score (nSPS) is 12.7. The molecule has 1 nitrogen and oxygen atoms in total. The van der Waals surface area contributed by atoms with E-state index in [9.17, 15) is 8.78 Å². The predicted octanol–water partition coefficient (Wildman–Crippen LogP) is 4.54. The van der Waals surface area contributed by atoms with Crippen LogP contribution in [0.15, 0.2) is 34.9 Å². The quantitative estimate of drug-likeness (QED) is 0.758. The third-order valence-electron chi connectivity index (χ3n) is 2.59. The summed E-state index contributed by atoms with van der Waals surface area (Å²) in [7, 11) is 0. The molecule has 0 amide bonds. The highest BCUT2D eigenvalue weighted by molar-refractivity contribution is 9.09. The Bertz CT molecular complexity index is 522. The highest BCUT2D eigenvalue weighted by atomic mass is 79.9. The summed E-state index contributed by atoms with van der Waals surface area (Å²) in [5.74, 6) is -0.831. The van der Waals surface area contributed by atoms with Crippen LogP contribution in [0.4, 0.5) is 8.78 Å². The third-order valence-corrected chi connectivity index (χ3v) is 3.32. The minimum atomic E-state index is -0.825. The van der Waals surface area contributed by atoms with Crippen LogP contribution in [0.3, 0.4) is 0 Å². The van der Waals surface area contributed by atoms with Gasteiger partial charge in [0.2, 0.25) is 0 Å². The van der Waals surface area contributed by atoms with Crippen LogP contribution in [0, 0.1) is 18.6 Å². The van der Waals surface area contributed by atoms with Crippen LogP contribution >= 0.6 is 15.9 Å². The molecule has 0 fully saturated rings. The van der Waals surface area contributed by atoms with Gasteiger partial charge in [0.25, 0.3) is 0 Å². The Hall–Kier alpha value is -1.16. The molecule has 0 aliphatic heterocycles. The first-order chi connectivity index (χ1) is 8.08. The Kier molecular flexibility index (Phi) is 3.62. The fourth-order valence-electron chi connectivity index (χ4n) is 1.67. The summed E-state index contributed by atoms with van der Waals surface area (Å²) in [6, 6.07) is 5.79. The number of hydrogen-bond acceptors (Lipinski definition) is 1. The minimum Gasteiger partial charge on any atom is -0.468 e. The molecule has 0 aliphatic carbocycles. The molecule has 0 aliphatic rings. The van der Waals surface area contributed by atoms with Gasteiger partial charge in [0.15, 0.2) is 11.6 Å². The van der Waals surface area contributed by atoms with E-state index in [0.29, 0.717) is 6.42 Å². The molecule has 0 radical (unpaired) electrons. The summed E-state index contributed by atoms with van der Waals surface area (Å²) in [6.45, 7) is 1.94. The second-order valence-corrected chi connectivity index (χ2v) is 4.99. The van der Waals surface area contributed by atoms with E-state index in [1.54, 1.807) is 12.3 Å². The summed E-state index contributed by atoms with van der Waals surface area (Å²) >= 11 is 3.49. The molecule has 0 bridgehead atoms. The van der Waals surface area contributed by atoms with E-state index in [1.165, 1.54) is 6.07 Å². The van der Waals surface area contributed by atoms with Crippen LogP contribution in [0.5, 0.6) is 0 Å². The van der Waals surface area contributed by atoms with Crippen molar-refractivity contribution in [2.45, 2.75) is 18.2 Å². The van der Waals surface area contributed by atoms with E-state index < -0.39 is 11.6 Å². The smallest absolute Gasteiger partial charge is 0.159 e. The molecule has 1 aromatic heterocycles. The van der Waals surface area contributed by atoms with E-state index >= 15 is 0 Å². The Balaban J connectivity index is 2.16. The monoisotopic (exact) mass is 300 g/mol. The number of furan rings is 1. The third kappa shape index (κ3) is 2.75. The van der Waals surface area contributed by atoms with Crippen LogP contribution in [0.2, 0.25) is 0 Å². The van der Waals surface area contributed by atoms with E-state index in [-0.39, 0.29) is 4.83 Å². The maximum absolute atomic E-state index is 13.0. The van der Waals surface area contributed by atoms with Gasteiger partial charge in [-0.3, -0.25) is 0 Å². The van der Waals surface area contributed by atoms with Crippen LogP contribution in [0.1, 0.15) is 21.7 Å². The maximum Gasteiger partial charge on any atom is 0.159 e. The fourth-order valence-corrected chi connectivity index (χ4v) is 2.51. The lowest BCUT2D eigenvalue weighted by Gasteiger charge is -2.08. The van der Waals surface area contributed by atoms with Gasteiger partial charge in [0.05, 0.1) is 11.1 Å². The zero-order valence-electron chi connectivity index (χ0n) is 9.21. The molecule has 0 saturated heterocycles. The first kappa shape index (κ1) is 12.3. The van der Waals surface area contributed by atoms with E-state index in [0.717, 1.165) is 23.0 Å². The zero-order chi connectivity index (χ0) is 12.4. The first-order valence-electron chi connectivity index (χ1n) is 5.20. The molecule has 4 heteroatoms. The summed E-state index contributed by atoms with van der Waals surface area (Å²) in [4.78, 5) is -0.0395. The van der Waals surface area contributed by atoms with Gasteiger partial charge >= 0.3 is 0 Å². The van der Waals surface area contributed by atoms with Crippen molar-refractivity contribution in [2.75, 3.05) is 0 Å². The number of aryl methyl sites for hydroxylation is 1. The van der Waals surface area contributed by atoms with Crippen LogP contribution in [-0.2, 0) is 6.42 Å². The number of alkyl halides is 1. The molecule has 90 valence electrons. The van der Waals surface area contributed by atoms with Crippen molar-refractivity contribution in [3.05, 3.63) is 59.1 Å². The molecule has 1 unspecified atom stereocenters. The van der Waals surface area contributed by atoms with Gasteiger partial charge in [0.1, 0.15) is 5.76 Å². The molecular formula is C13H11BrF2O. The largest absolute Gasteiger partial charge is 0.468 e. The molecule has 1 atom stereocenters. The van der Waals surface area contributed by atoms with E-state index in [2.05, 4.69) is 15.9 Å². The SMILES string of the molecule is Cc1ccoc1C(Br)Cc1ccc(F)c(F)c1. The van der Waals surface area contributed by atoms with Gasteiger partial charge in [-0.25, -0.2) is 8.78 Å². The summed E-state index contributed by atoms with van der Waals surface area (Å²) in [5, 5.41) is 0. The highest BCUT2D eigenvalue weighted by Gasteiger charge is 2.15. The van der Waals surface area contributed by atoms with Gasteiger partial charge in [-0.1, -0.05) is 22.0 Å². The lowest BCUT2D eigenvalue weighted by atomic mass is 10.1. The standard InChI is InChI=1S/C13H11BrF2O/c1-8-4-5-17-13(8)10(14)6-9-2-3-11(15)12(16)7-9/h2-5,7,10H,6H2,1H3.